The van der Waals surface area contributed by atoms with Crippen LogP contribution in [0.15, 0.2) is 24.3 Å². The molecule has 2 saturated carbocycles. The van der Waals surface area contributed by atoms with Gasteiger partial charge in [0.05, 0.1) is 0 Å². The van der Waals surface area contributed by atoms with Crippen molar-refractivity contribution in [3.05, 3.63) is 35.4 Å². The molecular weight excluding hydrogens is 238 g/mol. The standard InChI is InChI=1S/C16H21NO2/c1-10-2-4-11(5-3-10)16(19)17-15-13-7-6-12(8-13)14(15)9-18/h2-5,12-15,18H,6-9H2,1H3,(H,17,19). The molecule has 102 valence electrons. The van der Waals surface area contributed by atoms with Crippen LogP contribution in [0.3, 0.4) is 0 Å². The molecule has 2 N–H and O–H groups in total. The molecule has 4 unspecified atom stereocenters. The lowest BCUT2D eigenvalue weighted by Gasteiger charge is -2.30. The normalized spacial score (nSPS) is 32.5. The molecule has 1 aromatic rings. The Balaban J connectivity index is 1.71. The first-order chi connectivity index (χ1) is 9.19. The molecular formula is C16H21NO2. The summed E-state index contributed by atoms with van der Waals surface area (Å²) in [6.45, 7) is 2.21. The van der Waals surface area contributed by atoms with Gasteiger partial charge >= 0.3 is 0 Å². The van der Waals surface area contributed by atoms with Crippen LogP contribution in [0.2, 0.25) is 0 Å². The molecule has 0 radical (unpaired) electrons. The second-order valence-electron chi connectivity index (χ2n) is 6.04. The van der Waals surface area contributed by atoms with Crippen molar-refractivity contribution in [3.8, 4) is 0 Å². The molecule has 3 heteroatoms. The van der Waals surface area contributed by atoms with Crippen molar-refractivity contribution < 1.29 is 9.90 Å². The van der Waals surface area contributed by atoms with Gasteiger partial charge in [-0.25, -0.2) is 0 Å². The van der Waals surface area contributed by atoms with E-state index in [0.717, 1.165) is 5.56 Å². The monoisotopic (exact) mass is 259 g/mol. The summed E-state index contributed by atoms with van der Waals surface area (Å²) < 4.78 is 0. The molecule has 0 aliphatic heterocycles. The Hall–Kier alpha value is -1.35. The number of nitrogens with one attached hydrogen (secondary N) is 1. The highest BCUT2D eigenvalue weighted by Crippen LogP contribution is 2.48. The summed E-state index contributed by atoms with van der Waals surface area (Å²) in [6, 6.07) is 7.81. The average molecular weight is 259 g/mol. The fourth-order valence-corrected chi connectivity index (χ4v) is 3.84. The topological polar surface area (TPSA) is 49.3 Å². The number of rotatable bonds is 3. The van der Waals surface area contributed by atoms with E-state index in [1.165, 1.54) is 19.3 Å². The minimum Gasteiger partial charge on any atom is -0.396 e. The third-order valence-corrected chi connectivity index (χ3v) is 4.91. The minimum absolute atomic E-state index is 0.00370. The molecule has 3 rings (SSSR count). The summed E-state index contributed by atoms with van der Waals surface area (Å²) in [5.74, 6) is 1.43. The SMILES string of the molecule is Cc1ccc(C(=O)NC2C3CCC(C3)C2CO)cc1. The molecule has 19 heavy (non-hydrogen) atoms. The van der Waals surface area contributed by atoms with Crippen LogP contribution >= 0.6 is 0 Å². The molecule has 0 spiro atoms. The number of aliphatic hydroxyl groups is 1. The predicted molar refractivity (Wildman–Crippen MR) is 73.8 cm³/mol. The van der Waals surface area contributed by atoms with Gasteiger partial charge in [-0.1, -0.05) is 17.7 Å². The van der Waals surface area contributed by atoms with Gasteiger partial charge in [-0.2, -0.15) is 0 Å². The van der Waals surface area contributed by atoms with E-state index in [2.05, 4.69) is 5.32 Å². The third-order valence-electron chi connectivity index (χ3n) is 4.91. The number of hydrogen-bond donors (Lipinski definition) is 2. The van der Waals surface area contributed by atoms with E-state index in [4.69, 9.17) is 0 Å². The molecule has 4 atom stereocenters. The van der Waals surface area contributed by atoms with E-state index >= 15 is 0 Å². The number of benzene rings is 1. The molecule has 0 heterocycles. The fraction of sp³-hybridized carbons (Fsp3) is 0.562. The Kier molecular flexibility index (Phi) is 3.31. The Morgan fingerprint density at radius 3 is 2.63 bits per heavy atom. The number of hydrogen-bond acceptors (Lipinski definition) is 2. The van der Waals surface area contributed by atoms with Crippen LogP contribution < -0.4 is 5.32 Å². The van der Waals surface area contributed by atoms with Crippen LogP contribution in [0, 0.1) is 24.7 Å². The minimum atomic E-state index is -0.00370. The first kappa shape index (κ1) is 12.7. The number of fused-ring (bicyclic) bond motifs is 2. The van der Waals surface area contributed by atoms with Crippen LogP contribution in [-0.4, -0.2) is 23.7 Å². The van der Waals surface area contributed by atoms with Gasteiger partial charge in [-0.15, -0.1) is 0 Å². The van der Waals surface area contributed by atoms with Gasteiger partial charge in [0.1, 0.15) is 0 Å². The molecule has 2 bridgehead atoms. The van der Waals surface area contributed by atoms with Crippen LogP contribution in [0.1, 0.15) is 35.2 Å². The smallest absolute Gasteiger partial charge is 0.251 e. The Labute approximate surface area is 114 Å². The number of carbonyl (C=O) groups is 1. The molecule has 2 fully saturated rings. The van der Waals surface area contributed by atoms with Crippen LogP contribution in [0.25, 0.3) is 0 Å². The third kappa shape index (κ3) is 2.27. The van der Waals surface area contributed by atoms with Gasteiger partial charge in [0.25, 0.3) is 5.91 Å². The highest BCUT2D eigenvalue weighted by Gasteiger charge is 2.47. The Morgan fingerprint density at radius 1 is 1.26 bits per heavy atom. The maximum Gasteiger partial charge on any atom is 0.251 e. The Bertz CT molecular complexity index is 468. The quantitative estimate of drug-likeness (QED) is 0.873. The number of aliphatic hydroxyl groups excluding tert-OH is 1. The molecule has 3 nitrogen and oxygen atoms in total. The van der Waals surface area contributed by atoms with Crippen LogP contribution in [0.5, 0.6) is 0 Å². The maximum absolute atomic E-state index is 12.3. The first-order valence-electron chi connectivity index (χ1n) is 7.17. The van der Waals surface area contributed by atoms with Crippen molar-refractivity contribution >= 4 is 5.91 Å². The van der Waals surface area contributed by atoms with E-state index in [1.54, 1.807) is 0 Å². The number of amides is 1. The van der Waals surface area contributed by atoms with Crippen LogP contribution in [-0.2, 0) is 0 Å². The lowest BCUT2D eigenvalue weighted by atomic mass is 9.85. The summed E-state index contributed by atoms with van der Waals surface area (Å²) in [4.78, 5) is 12.3. The highest BCUT2D eigenvalue weighted by atomic mass is 16.3. The van der Waals surface area contributed by atoms with Gasteiger partial charge in [0.2, 0.25) is 0 Å². The van der Waals surface area contributed by atoms with Gasteiger partial charge in [-0.05, 0) is 50.2 Å². The fourth-order valence-electron chi connectivity index (χ4n) is 3.84. The van der Waals surface area contributed by atoms with Crippen LogP contribution in [0.4, 0.5) is 0 Å². The van der Waals surface area contributed by atoms with E-state index < -0.39 is 0 Å². The highest BCUT2D eigenvalue weighted by molar-refractivity contribution is 5.94. The summed E-state index contributed by atoms with van der Waals surface area (Å²) in [5, 5.41) is 12.7. The summed E-state index contributed by atoms with van der Waals surface area (Å²) in [7, 11) is 0. The second kappa shape index (κ2) is 4.97. The molecule has 1 aromatic carbocycles. The van der Waals surface area contributed by atoms with E-state index in [9.17, 15) is 9.90 Å². The van der Waals surface area contributed by atoms with Crippen molar-refractivity contribution in [2.45, 2.75) is 32.2 Å². The summed E-state index contributed by atoms with van der Waals surface area (Å²) in [6.07, 6.45) is 3.58. The largest absolute Gasteiger partial charge is 0.396 e. The molecule has 0 saturated heterocycles. The summed E-state index contributed by atoms with van der Waals surface area (Å²) >= 11 is 0. The number of carbonyl (C=O) groups excluding carboxylic acids is 1. The summed E-state index contributed by atoms with van der Waals surface area (Å²) in [5.41, 5.74) is 1.87. The van der Waals surface area contributed by atoms with Crippen molar-refractivity contribution in [2.75, 3.05) is 6.61 Å². The lowest BCUT2D eigenvalue weighted by Crippen LogP contribution is -2.45. The first-order valence-corrected chi connectivity index (χ1v) is 7.17. The zero-order valence-corrected chi connectivity index (χ0v) is 11.3. The molecule has 2 aliphatic carbocycles. The molecule has 1 amide bonds. The predicted octanol–water partition coefficient (Wildman–Crippen LogP) is 2.13. The van der Waals surface area contributed by atoms with E-state index in [0.29, 0.717) is 17.4 Å². The molecule has 2 aliphatic rings. The number of aryl methyl sites for hydroxylation is 1. The van der Waals surface area contributed by atoms with E-state index in [-0.39, 0.29) is 24.5 Å². The second-order valence-corrected chi connectivity index (χ2v) is 6.04. The van der Waals surface area contributed by atoms with Crippen molar-refractivity contribution in [1.29, 1.82) is 0 Å². The zero-order valence-electron chi connectivity index (χ0n) is 11.3. The van der Waals surface area contributed by atoms with Gasteiger partial charge in [0, 0.05) is 24.1 Å². The van der Waals surface area contributed by atoms with Gasteiger partial charge in [-0.3, -0.25) is 4.79 Å². The van der Waals surface area contributed by atoms with Crippen molar-refractivity contribution in [1.82, 2.24) is 5.32 Å². The lowest BCUT2D eigenvalue weighted by molar-refractivity contribution is 0.0861. The van der Waals surface area contributed by atoms with Crippen molar-refractivity contribution in [2.24, 2.45) is 17.8 Å². The van der Waals surface area contributed by atoms with Gasteiger partial charge < -0.3 is 10.4 Å². The van der Waals surface area contributed by atoms with Gasteiger partial charge in [0.15, 0.2) is 0 Å². The average Bonchev–Trinajstić information content (AvgIpc) is 3.00. The zero-order chi connectivity index (χ0) is 13.4. The Morgan fingerprint density at radius 2 is 1.95 bits per heavy atom. The molecule has 0 aromatic heterocycles. The van der Waals surface area contributed by atoms with Crippen molar-refractivity contribution in [3.63, 3.8) is 0 Å². The maximum atomic E-state index is 12.3. The van der Waals surface area contributed by atoms with E-state index in [1.807, 2.05) is 31.2 Å².